The van der Waals surface area contributed by atoms with Crippen LogP contribution in [0.2, 0.25) is 0 Å². The van der Waals surface area contributed by atoms with Gasteiger partial charge in [0.05, 0.1) is 4.90 Å². The second kappa shape index (κ2) is 12.7. The van der Waals surface area contributed by atoms with Gasteiger partial charge in [-0.05, 0) is 60.1 Å². The van der Waals surface area contributed by atoms with Crippen molar-refractivity contribution in [2.45, 2.75) is 50.5 Å². The molecule has 0 bridgehead atoms. The number of carboxylic acids is 1. The molecule has 1 amide bonds. The maximum Gasteiger partial charge on any atom is 0.407 e. The van der Waals surface area contributed by atoms with E-state index >= 15 is 0 Å². The molecule has 0 aliphatic heterocycles. The molecule has 4 rings (SSSR count). The van der Waals surface area contributed by atoms with Crippen molar-refractivity contribution in [3.8, 4) is 11.1 Å². The molecule has 1 unspecified atom stereocenters. The van der Waals surface area contributed by atoms with E-state index < -0.39 is 28.1 Å². The van der Waals surface area contributed by atoms with Crippen molar-refractivity contribution < 1.29 is 27.9 Å². The van der Waals surface area contributed by atoms with Gasteiger partial charge in [-0.25, -0.2) is 13.2 Å². The van der Waals surface area contributed by atoms with Crippen molar-refractivity contribution in [2.24, 2.45) is 5.92 Å². The number of carboxylic acid groups (broad SMARTS) is 1. The summed E-state index contributed by atoms with van der Waals surface area (Å²) in [7, 11) is -4.04. The molecule has 1 atom stereocenters. The fourth-order valence-electron chi connectivity index (χ4n) is 5.12. The van der Waals surface area contributed by atoms with Gasteiger partial charge in [-0.15, -0.1) is 0 Å². The molecule has 0 spiro atoms. The third-order valence-electron chi connectivity index (χ3n) is 7.07. The number of aliphatic carboxylic acids is 1. The van der Waals surface area contributed by atoms with Crippen LogP contribution in [0.1, 0.15) is 49.3 Å². The number of fused-ring (bicyclic) bond motifs is 3. The molecular formula is C31H36N2O6S. The summed E-state index contributed by atoms with van der Waals surface area (Å²) in [6.07, 6.45) is -0.296. The van der Waals surface area contributed by atoms with Crippen LogP contribution in [-0.2, 0) is 19.6 Å². The number of hydrogen-bond donors (Lipinski definition) is 2. The summed E-state index contributed by atoms with van der Waals surface area (Å²) in [6.45, 7) is 5.93. The van der Waals surface area contributed by atoms with Gasteiger partial charge in [0.25, 0.3) is 0 Å². The third kappa shape index (κ3) is 6.54. The summed E-state index contributed by atoms with van der Waals surface area (Å²) in [5.74, 6) is -1.37. The Bertz CT molecular complexity index is 1410. The molecule has 0 heterocycles. The maximum absolute atomic E-state index is 13.4. The lowest BCUT2D eigenvalue weighted by atomic mass is 9.98. The number of carbonyl (C=O) groups is 2. The van der Waals surface area contributed by atoms with Crippen LogP contribution in [0.15, 0.2) is 77.7 Å². The fraction of sp³-hybridized carbons (Fsp3) is 0.355. The topological polar surface area (TPSA) is 113 Å². The predicted octanol–water partition coefficient (Wildman–Crippen LogP) is 5.41. The van der Waals surface area contributed by atoms with Crippen molar-refractivity contribution >= 4 is 22.1 Å². The van der Waals surface area contributed by atoms with Crippen LogP contribution in [0, 0.1) is 12.8 Å². The standard InChI is InChI=1S/C31H36N2O6S/c1-21(2)19-33(40(37,38)23-16-14-22(3)15-17-23)29(30(34)35)13-8-18-32-31(36)39-20-28-26-11-6-4-9-24(26)25-10-5-7-12-27(25)28/h4-7,9-12,14-17,21,28-29H,8,13,18-20H2,1-3H3,(H,32,36)(H,34,35). The zero-order valence-electron chi connectivity index (χ0n) is 23.0. The molecule has 9 heteroatoms. The molecule has 3 aromatic rings. The van der Waals surface area contributed by atoms with E-state index in [-0.39, 0.29) is 49.3 Å². The lowest BCUT2D eigenvalue weighted by molar-refractivity contribution is -0.141. The number of alkyl carbamates (subject to hydrolysis) is 1. The lowest BCUT2D eigenvalue weighted by Gasteiger charge is -2.29. The van der Waals surface area contributed by atoms with Crippen LogP contribution in [0.4, 0.5) is 4.79 Å². The number of nitrogens with zero attached hydrogens (tertiary/aromatic N) is 1. The first-order valence-electron chi connectivity index (χ1n) is 13.5. The summed E-state index contributed by atoms with van der Waals surface area (Å²) in [5.41, 5.74) is 5.40. The van der Waals surface area contributed by atoms with E-state index in [4.69, 9.17) is 4.74 Å². The van der Waals surface area contributed by atoms with Crippen molar-refractivity contribution in [2.75, 3.05) is 19.7 Å². The van der Waals surface area contributed by atoms with Gasteiger partial charge in [0, 0.05) is 19.0 Å². The number of nitrogens with one attached hydrogen (secondary N) is 1. The van der Waals surface area contributed by atoms with E-state index in [1.54, 1.807) is 12.1 Å². The van der Waals surface area contributed by atoms with E-state index in [1.165, 1.54) is 12.1 Å². The second-order valence-electron chi connectivity index (χ2n) is 10.5. The smallest absolute Gasteiger partial charge is 0.407 e. The van der Waals surface area contributed by atoms with Crippen LogP contribution >= 0.6 is 0 Å². The Labute approximate surface area is 236 Å². The van der Waals surface area contributed by atoms with Crippen LogP contribution in [0.25, 0.3) is 11.1 Å². The molecule has 0 aromatic heterocycles. The first-order chi connectivity index (χ1) is 19.1. The predicted molar refractivity (Wildman–Crippen MR) is 154 cm³/mol. The van der Waals surface area contributed by atoms with Crippen molar-refractivity contribution in [1.29, 1.82) is 0 Å². The van der Waals surface area contributed by atoms with Crippen LogP contribution in [0.5, 0.6) is 0 Å². The molecule has 1 aliphatic carbocycles. The van der Waals surface area contributed by atoms with Gasteiger partial charge < -0.3 is 15.2 Å². The van der Waals surface area contributed by atoms with E-state index in [0.29, 0.717) is 0 Å². The fourth-order valence-corrected chi connectivity index (χ4v) is 6.90. The minimum atomic E-state index is -4.04. The molecule has 0 fully saturated rings. The number of carbonyl (C=O) groups excluding carboxylic acids is 1. The Hall–Kier alpha value is -3.69. The highest BCUT2D eigenvalue weighted by molar-refractivity contribution is 7.89. The van der Waals surface area contributed by atoms with Gasteiger partial charge in [-0.3, -0.25) is 4.79 Å². The molecular weight excluding hydrogens is 528 g/mol. The van der Waals surface area contributed by atoms with Crippen molar-refractivity contribution in [3.63, 3.8) is 0 Å². The SMILES string of the molecule is Cc1ccc(S(=O)(=O)N(CC(C)C)C(CCCNC(=O)OCC2c3ccccc3-c3ccccc32)C(=O)O)cc1. The second-order valence-corrected chi connectivity index (χ2v) is 12.4. The number of rotatable bonds is 12. The van der Waals surface area contributed by atoms with Gasteiger partial charge in [0.2, 0.25) is 10.0 Å². The number of hydrogen-bond acceptors (Lipinski definition) is 5. The molecule has 1 aliphatic rings. The molecule has 0 radical (unpaired) electrons. The molecule has 40 heavy (non-hydrogen) atoms. The quantitative estimate of drug-likeness (QED) is 0.284. The number of benzene rings is 3. The lowest BCUT2D eigenvalue weighted by Crippen LogP contribution is -2.47. The monoisotopic (exact) mass is 564 g/mol. The normalized spacial score (nSPS) is 13.6. The Balaban J connectivity index is 1.35. The van der Waals surface area contributed by atoms with Gasteiger partial charge >= 0.3 is 12.1 Å². The number of aryl methyl sites for hydroxylation is 1. The third-order valence-corrected chi connectivity index (χ3v) is 8.96. The van der Waals surface area contributed by atoms with E-state index in [0.717, 1.165) is 32.1 Å². The van der Waals surface area contributed by atoms with Crippen LogP contribution in [0.3, 0.4) is 0 Å². The zero-order valence-corrected chi connectivity index (χ0v) is 23.9. The minimum Gasteiger partial charge on any atom is -0.480 e. The first kappa shape index (κ1) is 29.3. The molecule has 0 saturated carbocycles. The zero-order chi connectivity index (χ0) is 28.9. The van der Waals surface area contributed by atoms with E-state index in [1.807, 2.05) is 57.2 Å². The van der Waals surface area contributed by atoms with Gasteiger partial charge in [-0.1, -0.05) is 80.1 Å². The van der Waals surface area contributed by atoms with E-state index in [9.17, 15) is 23.1 Å². The van der Waals surface area contributed by atoms with Crippen molar-refractivity contribution in [1.82, 2.24) is 9.62 Å². The number of sulfonamides is 1. The highest BCUT2D eigenvalue weighted by atomic mass is 32.2. The minimum absolute atomic E-state index is 0.0385. The highest BCUT2D eigenvalue weighted by Gasteiger charge is 2.36. The highest BCUT2D eigenvalue weighted by Crippen LogP contribution is 2.44. The van der Waals surface area contributed by atoms with E-state index in [2.05, 4.69) is 17.4 Å². The average molecular weight is 565 g/mol. The Kier molecular flexibility index (Phi) is 9.27. The largest absolute Gasteiger partial charge is 0.480 e. The molecule has 8 nitrogen and oxygen atoms in total. The van der Waals surface area contributed by atoms with Crippen molar-refractivity contribution in [3.05, 3.63) is 89.5 Å². The summed E-state index contributed by atoms with van der Waals surface area (Å²) >= 11 is 0. The van der Waals surface area contributed by atoms with Crippen LogP contribution in [-0.4, -0.2) is 55.6 Å². The maximum atomic E-state index is 13.4. The Morgan fingerprint density at radius 1 is 0.950 bits per heavy atom. The summed E-state index contributed by atoms with van der Waals surface area (Å²) < 4.78 is 33.5. The molecule has 3 aromatic carbocycles. The summed E-state index contributed by atoms with van der Waals surface area (Å²) in [5, 5.41) is 12.7. The van der Waals surface area contributed by atoms with Gasteiger partial charge in [0.15, 0.2) is 0 Å². The Morgan fingerprint density at radius 3 is 2.08 bits per heavy atom. The molecule has 212 valence electrons. The Morgan fingerprint density at radius 2 is 1.52 bits per heavy atom. The number of ether oxygens (including phenoxy) is 1. The first-order valence-corrected chi connectivity index (χ1v) is 14.9. The van der Waals surface area contributed by atoms with Gasteiger partial charge in [-0.2, -0.15) is 4.31 Å². The number of amides is 1. The van der Waals surface area contributed by atoms with Crippen LogP contribution < -0.4 is 5.32 Å². The molecule has 0 saturated heterocycles. The van der Waals surface area contributed by atoms with Gasteiger partial charge in [0.1, 0.15) is 12.6 Å². The summed E-state index contributed by atoms with van der Waals surface area (Å²) in [6, 6.07) is 21.2. The summed E-state index contributed by atoms with van der Waals surface area (Å²) in [4.78, 5) is 24.8. The molecule has 2 N–H and O–H groups in total. The average Bonchev–Trinajstić information content (AvgIpc) is 3.24.